The summed E-state index contributed by atoms with van der Waals surface area (Å²) in [7, 11) is 4.06. The van der Waals surface area contributed by atoms with Crippen LogP contribution in [0.2, 0.25) is 0 Å². The summed E-state index contributed by atoms with van der Waals surface area (Å²) in [5.41, 5.74) is 7.80. The number of hydrogen-bond donors (Lipinski definition) is 1. The Morgan fingerprint density at radius 2 is 1.80 bits per heavy atom. The molecule has 0 aromatic carbocycles. The minimum Gasteiger partial charge on any atom is -0.341 e. The van der Waals surface area contributed by atoms with Gasteiger partial charge in [0.25, 0.3) is 0 Å². The molecule has 2 fully saturated rings. The number of nitrogens with two attached hydrogens (primary N) is 1. The lowest BCUT2D eigenvalue weighted by Gasteiger charge is -2.36. The zero-order chi connectivity index (χ0) is 17.9. The molecule has 25 heavy (non-hydrogen) atoms. The van der Waals surface area contributed by atoms with Gasteiger partial charge in [0.15, 0.2) is 0 Å². The molecule has 1 saturated heterocycles. The molecule has 138 valence electrons. The Balaban J connectivity index is 1.48. The van der Waals surface area contributed by atoms with Gasteiger partial charge in [0, 0.05) is 25.8 Å². The molecule has 1 aliphatic heterocycles. The van der Waals surface area contributed by atoms with Crippen LogP contribution in [0.1, 0.15) is 49.9 Å². The predicted molar refractivity (Wildman–Crippen MR) is 97.8 cm³/mol. The van der Waals surface area contributed by atoms with E-state index < -0.39 is 5.54 Å². The summed E-state index contributed by atoms with van der Waals surface area (Å²) >= 11 is 0. The van der Waals surface area contributed by atoms with Crippen molar-refractivity contribution in [2.45, 2.75) is 57.0 Å². The van der Waals surface area contributed by atoms with Crippen molar-refractivity contribution < 1.29 is 4.79 Å². The van der Waals surface area contributed by atoms with Crippen molar-refractivity contribution in [1.29, 1.82) is 0 Å². The first-order valence-electron chi connectivity index (χ1n) is 9.49. The van der Waals surface area contributed by atoms with Gasteiger partial charge < -0.3 is 15.5 Å². The largest absolute Gasteiger partial charge is 0.341 e. The Kier molecular flexibility index (Phi) is 5.69. The van der Waals surface area contributed by atoms with Gasteiger partial charge in [0.05, 0.1) is 23.1 Å². The van der Waals surface area contributed by atoms with Gasteiger partial charge in [0.1, 0.15) is 0 Å². The quantitative estimate of drug-likeness (QED) is 0.877. The van der Waals surface area contributed by atoms with E-state index in [0.29, 0.717) is 5.92 Å². The Hall–Kier alpha value is -1.53. The van der Waals surface area contributed by atoms with Crippen molar-refractivity contribution in [1.82, 2.24) is 19.8 Å². The number of carbonyl (C=O) groups excluding carboxylic acids is 1. The van der Waals surface area contributed by atoms with E-state index in [9.17, 15) is 4.79 Å². The third-order valence-corrected chi connectivity index (χ3v) is 5.56. The van der Waals surface area contributed by atoms with Gasteiger partial charge in [0.2, 0.25) is 5.91 Å². The summed E-state index contributed by atoms with van der Waals surface area (Å²) in [4.78, 5) is 25.8. The number of piperidine rings is 1. The van der Waals surface area contributed by atoms with E-state index in [-0.39, 0.29) is 5.91 Å². The van der Waals surface area contributed by atoms with Gasteiger partial charge >= 0.3 is 0 Å². The second-order valence-corrected chi connectivity index (χ2v) is 8.04. The van der Waals surface area contributed by atoms with Crippen LogP contribution in [0.4, 0.5) is 0 Å². The molecule has 3 rings (SSSR count). The maximum atomic E-state index is 12.7. The SMILES string of the molecule is CN(C)Cc1cnc(CC2CCN(C(=O)C3(N)CCCC3)CC2)cn1. The lowest BCUT2D eigenvalue weighted by Crippen LogP contribution is -2.55. The molecule has 2 aliphatic rings. The van der Waals surface area contributed by atoms with Crippen molar-refractivity contribution in [3.8, 4) is 0 Å². The van der Waals surface area contributed by atoms with Gasteiger partial charge in [-0.05, 0) is 52.1 Å². The van der Waals surface area contributed by atoms with E-state index in [2.05, 4.69) is 14.9 Å². The van der Waals surface area contributed by atoms with Gasteiger partial charge in [-0.2, -0.15) is 0 Å². The van der Waals surface area contributed by atoms with Crippen LogP contribution in [0.25, 0.3) is 0 Å². The number of hydrogen-bond acceptors (Lipinski definition) is 5. The maximum absolute atomic E-state index is 12.7. The highest BCUT2D eigenvalue weighted by Gasteiger charge is 2.40. The molecule has 0 radical (unpaired) electrons. The summed E-state index contributed by atoms with van der Waals surface area (Å²) in [5.74, 6) is 0.756. The van der Waals surface area contributed by atoms with E-state index in [1.54, 1.807) is 0 Å². The molecule has 0 atom stereocenters. The summed E-state index contributed by atoms with van der Waals surface area (Å²) in [6, 6.07) is 0. The first-order valence-corrected chi connectivity index (χ1v) is 9.49. The van der Waals surface area contributed by atoms with Crippen LogP contribution in [0.15, 0.2) is 12.4 Å². The van der Waals surface area contributed by atoms with E-state index in [4.69, 9.17) is 5.73 Å². The maximum Gasteiger partial charge on any atom is 0.242 e. The molecule has 6 nitrogen and oxygen atoms in total. The third kappa shape index (κ3) is 4.55. The van der Waals surface area contributed by atoms with Crippen molar-refractivity contribution in [3.05, 3.63) is 23.8 Å². The fourth-order valence-electron chi connectivity index (χ4n) is 4.06. The minimum atomic E-state index is -0.583. The fraction of sp³-hybridized carbons (Fsp3) is 0.737. The summed E-state index contributed by atoms with van der Waals surface area (Å²) in [5, 5.41) is 0. The average Bonchev–Trinajstić information content (AvgIpc) is 3.04. The van der Waals surface area contributed by atoms with E-state index in [0.717, 1.165) is 76.0 Å². The van der Waals surface area contributed by atoms with E-state index in [1.165, 1.54) is 0 Å². The van der Waals surface area contributed by atoms with Crippen LogP contribution >= 0.6 is 0 Å². The summed E-state index contributed by atoms with van der Waals surface area (Å²) in [6.07, 6.45) is 10.7. The Morgan fingerprint density at radius 3 is 2.36 bits per heavy atom. The molecule has 0 unspecified atom stereocenters. The van der Waals surface area contributed by atoms with Gasteiger partial charge in [-0.25, -0.2) is 0 Å². The molecular formula is C19H31N5O. The number of amides is 1. The highest BCUT2D eigenvalue weighted by atomic mass is 16.2. The molecule has 0 bridgehead atoms. The fourth-order valence-corrected chi connectivity index (χ4v) is 4.06. The number of aromatic nitrogens is 2. The van der Waals surface area contributed by atoms with Crippen LogP contribution in [-0.2, 0) is 17.8 Å². The first-order chi connectivity index (χ1) is 12.0. The number of carbonyl (C=O) groups is 1. The van der Waals surface area contributed by atoms with Crippen molar-refractivity contribution in [2.75, 3.05) is 27.2 Å². The second kappa shape index (κ2) is 7.79. The van der Waals surface area contributed by atoms with E-state index >= 15 is 0 Å². The van der Waals surface area contributed by atoms with Crippen molar-refractivity contribution in [2.24, 2.45) is 11.7 Å². The number of nitrogens with zero attached hydrogens (tertiary/aromatic N) is 4. The van der Waals surface area contributed by atoms with Crippen LogP contribution in [0.5, 0.6) is 0 Å². The van der Waals surface area contributed by atoms with Crippen LogP contribution < -0.4 is 5.73 Å². The topological polar surface area (TPSA) is 75.4 Å². The monoisotopic (exact) mass is 345 g/mol. The minimum absolute atomic E-state index is 0.177. The van der Waals surface area contributed by atoms with Gasteiger partial charge in [-0.3, -0.25) is 14.8 Å². The molecule has 0 spiro atoms. The van der Waals surface area contributed by atoms with Gasteiger partial charge in [-0.15, -0.1) is 0 Å². The first kappa shape index (κ1) is 18.3. The molecule has 1 amide bonds. The smallest absolute Gasteiger partial charge is 0.242 e. The lowest BCUT2D eigenvalue weighted by molar-refractivity contribution is -0.138. The highest BCUT2D eigenvalue weighted by molar-refractivity contribution is 5.86. The number of likely N-dealkylation sites (tertiary alicyclic amines) is 1. The Morgan fingerprint density at radius 1 is 1.20 bits per heavy atom. The Labute approximate surface area is 150 Å². The third-order valence-electron chi connectivity index (χ3n) is 5.56. The second-order valence-electron chi connectivity index (χ2n) is 8.04. The van der Waals surface area contributed by atoms with Crippen LogP contribution in [0.3, 0.4) is 0 Å². The molecule has 2 N–H and O–H groups in total. The van der Waals surface area contributed by atoms with Crippen molar-refractivity contribution >= 4 is 5.91 Å². The zero-order valence-corrected chi connectivity index (χ0v) is 15.6. The zero-order valence-electron chi connectivity index (χ0n) is 15.6. The van der Waals surface area contributed by atoms with Crippen LogP contribution in [0, 0.1) is 5.92 Å². The predicted octanol–water partition coefficient (Wildman–Crippen LogP) is 1.59. The normalized spacial score (nSPS) is 21.0. The molecule has 2 heterocycles. The van der Waals surface area contributed by atoms with E-state index in [1.807, 2.05) is 31.4 Å². The van der Waals surface area contributed by atoms with Crippen LogP contribution in [-0.4, -0.2) is 58.4 Å². The summed E-state index contributed by atoms with van der Waals surface area (Å²) in [6.45, 7) is 2.47. The standard InChI is InChI=1S/C19H31N5O/c1-23(2)14-17-13-21-16(12-22-17)11-15-5-9-24(10-6-15)18(25)19(20)7-3-4-8-19/h12-13,15H,3-11,14,20H2,1-2H3. The molecule has 1 aromatic rings. The van der Waals surface area contributed by atoms with Crippen molar-refractivity contribution in [3.63, 3.8) is 0 Å². The average molecular weight is 345 g/mol. The highest BCUT2D eigenvalue weighted by Crippen LogP contribution is 2.31. The molecule has 6 heteroatoms. The Bertz CT molecular complexity index is 572. The van der Waals surface area contributed by atoms with Gasteiger partial charge in [-0.1, -0.05) is 12.8 Å². The molecule has 1 saturated carbocycles. The summed E-state index contributed by atoms with van der Waals surface area (Å²) < 4.78 is 0. The molecular weight excluding hydrogens is 314 g/mol. The lowest BCUT2D eigenvalue weighted by atomic mass is 9.90. The molecule has 1 aromatic heterocycles. The number of rotatable bonds is 5. The molecule has 1 aliphatic carbocycles.